The first-order valence-electron chi connectivity index (χ1n) is 13.3. The van der Waals surface area contributed by atoms with Gasteiger partial charge in [0.25, 0.3) is 0 Å². The Balaban J connectivity index is 1.72. The molecule has 0 aromatic heterocycles. The van der Waals surface area contributed by atoms with Gasteiger partial charge in [0.2, 0.25) is 0 Å². The maximum absolute atomic E-state index is 12.0. The van der Waals surface area contributed by atoms with Gasteiger partial charge in [-0.3, -0.25) is 0 Å². The van der Waals surface area contributed by atoms with Gasteiger partial charge in [-0.15, -0.1) is 0 Å². The minimum atomic E-state index is -0.555. The minimum absolute atomic E-state index is 0.183. The maximum atomic E-state index is 12.0. The number of hydrogen-bond acceptors (Lipinski definition) is 5. The van der Waals surface area contributed by atoms with E-state index >= 15 is 0 Å². The minimum Gasteiger partial charge on any atom is -0.494 e. The zero-order valence-electron chi connectivity index (χ0n) is 22.1. The topological polar surface area (TPSA) is 54.0 Å². The lowest BCUT2D eigenvalue weighted by atomic mass is 10.1. The molecule has 0 amide bonds. The molecular formula is C30H44O5. The highest BCUT2D eigenvalue weighted by Crippen LogP contribution is 2.25. The summed E-state index contributed by atoms with van der Waals surface area (Å²) in [6.07, 6.45) is 8.74. The highest BCUT2D eigenvalue weighted by Gasteiger charge is 2.16. The lowest BCUT2D eigenvalue weighted by Gasteiger charge is -2.17. The van der Waals surface area contributed by atoms with Crippen LogP contribution < -0.4 is 9.47 Å². The van der Waals surface area contributed by atoms with E-state index in [9.17, 15) is 4.79 Å². The van der Waals surface area contributed by atoms with Gasteiger partial charge in [-0.25, -0.2) is 4.79 Å². The molecule has 0 radical (unpaired) electrons. The van der Waals surface area contributed by atoms with Crippen molar-refractivity contribution in [2.24, 2.45) is 0 Å². The number of esters is 1. The van der Waals surface area contributed by atoms with Crippen LogP contribution in [0.5, 0.6) is 11.5 Å². The molecule has 2 rings (SSSR count). The van der Waals surface area contributed by atoms with Crippen LogP contribution in [0.25, 0.3) is 11.1 Å². The fourth-order valence-corrected chi connectivity index (χ4v) is 3.60. The van der Waals surface area contributed by atoms with Gasteiger partial charge in [0, 0.05) is 6.61 Å². The molecule has 0 N–H and O–H groups in total. The molecule has 5 heteroatoms. The number of benzene rings is 2. The van der Waals surface area contributed by atoms with Gasteiger partial charge < -0.3 is 18.9 Å². The fourth-order valence-electron chi connectivity index (χ4n) is 3.60. The molecule has 0 bridgehead atoms. The first-order valence-corrected chi connectivity index (χ1v) is 13.3. The highest BCUT2D eigenvalue weighted by molar-refractivity contribution is 5.74. The highest BCUT2D eigenvalue weighted by atomic mass is 16.6. The Morgan fingerprint density at radius 3 is 1.91 bits per heavy atom. The normalized spacial score (nSPS) is 12.7. The van der Waals surface area contributed by atoms with E-state index in [1.807, 2.05) is 43.3 Å². The Morgan fingerprint density at radius 2 is 1.29 bits per heavy atom. The van der Waals surface area contributed by atoms with Crippen LogP contribution in [0.4, 0.5) is 0 Å². The van der Waals surface area contributed by atoms with Crippen molar-refractivity contribution in [3.63, 3.8) is 0 Å². The summed E-state index contributed by atoms with van der Waals surface area (Å²) in [6.45, 7) is 9.45. The lowest BCUT2D eigenvalue weighted by Crippen LogP contribution is -2.28. The van der Waals surface area contributed by atoms with E-state index in [4.69, 9.17) is 18.9 Å². The van der Waals surface area contributed by atoms with E-state index in [2.05, 4.69) is 26.0 Å². The van der Waals surface area contributed by atoms with Gasteiger partial charge in [0.05, 0.1) is 6.61 Å². The molecule has 0 saturated carbocycles. The summed E-state index contributed by atoms with van der Waals surface area (Å²) in [5.41, 5.74) is 2.24. The van der Waals surface area contributed by atoms with Crippen LogP contribution in [0.2, 0.25) is 0 Å². The molecule has 194 valence electrons. The number of ether oxygens (including phenoxy) is 4. The molecule has 2 atom stereocenters. The van der Waals surface area contributed by atoms with E-state index in [0.29, 0.717) is 6.61 Å². The number of rotatable bonds is 18. The summed E-state index contributed by atoms with van der Waals surface area (Å²) in [5, 5.41) is 0. The van der Waals surface area contributed by atoms with Crippen molar-refractivity contribution in [3.8, 4) is 22.6 Å². The van der Waals surface area contributed by atoms with E-state index < -0.39 is 6.10 Å². The molecule has 5 nitrogen and oxygen atoms in total. The molecule has 0 aliphatic heterocycles. The van der Waals surface area contributed by atoms with Gasteiger partial charge in [0.1, 0.15) is 24.2 Å². The van der Waals surface area contributed by atoms with Crippen LogP contribution in [0.3, 0.4) is 0 Å². The summed E-state index contributed by atoms with van der Waals surface area (Å²) in [4.78, 5) is 12.0. The van der Waals surface area contributed by atoms with Crippen molar-refractivity contribution in [1.29, 1.82) is 0 Å². The van der Waals surface area contributed by atoms with Gasteiger partial charge in [-0.2, -0.15) is 0 Å². The number of carbonyl (C=O) groups excluding carboxylic acids is 1. The summed E-state index contributed by atoms with van der Waals surface area (Å²) in [7, 11) is 0. The van der Waals surface area contributed by atoms with Gasteiger partial charge in [-0.1, -0.05) is 76.6 Å². The summed E-state index contributed by atoms with van der Waals surface area (Å²) in [6, 6.07) is 16.2. The zero-order chi connectivity index (χ0) is 25.3. The zero-order valence-corrected chi connectivity index (χ0v) is 22.1. The van der Waals surface area contributed by atoms with Crippen LogP contribution in [0, 0.1) is 0 Å². The van der Waals surface area contributed by atoms with Crippen molar-refractivity contribution < 1.29 is 23.7 Å². The summed E-state index contributed by atoms with van der Waals surface area (Å²) < 4.78 is 22.6. The number of carbonyl (C=O) groups is 1. The molecule has 0 fully saturated rings. The molecule has 0 aliphatic carbocycles. The van der Waals surface area contributed by atoms with E-state index in [-0.39, 0.29) is 18.7 Å². The Hall–Kier alpha value is -2.53. The molecule has 2 aromatic carbocycles. The SMILES string of the molecule is CCCCCCCCOc1ccc(-c2ccc(O[C@H](C)COC(=O)[C@@H](C)OCCCC)cc2)cc1. The Morgan fingerprint density at radius 1 is 0.714 bits per heavy atom. The second kappa shape index (κ2) is 17.0. The van der Waals surface area contributed by atoms with E-state index in [1.165, 1.54) is 32.1 Å². The predicted octanol–water partition coefficient (Wildman–Crippen LogP) is 7.61. The van der Waals surface area contributed by atoms with Crippen molar-refractivity contribution in [1.82, 2.24) is 0 Å². The van der Waals surface area contributed by atoms with Crippen LogP contribution in [0.15, 0.2) is 48.5 Å². The molecule has 0 heterocycles. The molecule has 0 unspecified atom stereocenters. The molecule has 2 aromatic rings. The Kier molecular flexibility index (Phi) is 13.9. The average molecular weight is 485 g/mol. The van der Waals surface area contributed by atoms with Crippen molar-refractivity contribution in [3.05, 3.63) is 48.5 Å². The number of unbranched alkanes of at least 4 members (excludes halogenated alkanes) is 6. The first-order chi connectivity index (χ1) is 17.0. The third-order valence-corrected chi connectivity index (χ3v) is 5.80. The second-order valence-corrected chi connectivity index (χ2v) is 9.09. The van der Waals surface area contributed by atoms with E-state index in [0.717, 1.165) is 48.5 Å². The predicted molar refractivity (Wildman–Crippen MR) is 142 cm³/mol. The smallest absolute Gasteiger partial charge is 0.335 e. The Labute approximate surface area is 212 Å². The molecule has 0 spiro atoms. The maximum Gasteiger partial charge on any atom is 0.335 e. The monoisotopic (exact) mass is 484 g/mol. The largest absolute Gasteiger partial charge is 0.494 e. The van der Waals surface area contributed by atoms with Gasteiger partial charge in [-0.05, 0) is 62.1 Å². The Bertz CT molecular complexity index is 816. The van der Waals surface area contributed by atoms with Gasteiger partial charge >= 0.3 is 5.97 Å². The lowest BCUT2D eigenvalue weighted by molar-refractivity contribution is -0.158. The first kappa shape index (κ1) is 28.7. The quantitative estimate of drug-likeness (QED) is 0.161. The molecule has 0 saturated heterocycles. The third-order valence-electron chi connectivity index (χ3n) is 5.80. The molecule has 35 heavy (non-hydrogen) atoms. The van der Waals surface area contributed by atoms with Crippen molar-refractivity contribution in [2.45, 2.75) is 91.3 Å². The molecular weight excluding hydrogens is 440 g/mol. The van der Waals surface area contributed by atoms with Gasteiger partial charge in [0.15, 0.2) is 6.10 Å². The standard InChI is InChI=1S/C30H44O5/c1-5-7-9-10-11-12-22-33-28-17-13-26(14-18-28)27-15-19-29(20-16-27)35-24(3)23-34-30(31)25(4)32-21-8-6-2/h13-20,24-25H,5-12,21-23H2,1-4H3/t24-,25-/m1/s1. The van der Waals surface area contributed by atoms with Crippen LogP contribution >= 0.6 is 0 Å². The van der Waals surface area contributed by atoms with Crippen LogP contribution in [0.1, 0.15) is 79.1 Å². The van der Waals surface area contributed by atoms with Crippen LogP contribution in [-0.2, 0) is 14.3 Å². The second-order valence-electron chi connectivity index (χ2n) is 9.09. The number of hydrogen-bond donors (Lipinski definition) is 0. The van der Waals surface area contributed by atoms with E-state index in [1.54, 1.807) is 6.92 Å². The van der Waals surface area contributed by atoms with Crippen molar-refractivity contribution >= 4 is 5.97 Å². The third kappa shape index (κ3) is 11.6. The van der Waals surface area contributed by atoms with Crippen LogP contribution in [-0.4, -0.2) is 38.0 Å². The molecule has 0 aliphatic rings. The summed E-state index contributed by atoms with van der Waals surface area (Å²) >= 11 is 0. The summed E-state index contributed by atoms with van der Waals surface area (Å²) in [5.74, 6) is 1.30. The fraction of sp³-hybridized carbons (Fsp3) is 0.567. The average Bonchev–Trinajstić information content (AvgIpc) is 2.87. The van der Waals surface area contributed by atoms with Crippen molar-refractivity contribution in [2.75, 3.05) is 19.8 Å².